The third-order valence-electron chi connectivity index (χ3n) is 4.96. The smallest absolute Gasteiger partial charge is 0.257 e. The number of H-pyrrole nitrogens is 1. The molecule has 3 aromatic rings. The van der Waals surface area contributed by atoms with E-state index in [4.69, 9.17) is 11.6 Å². The Morgan fingerprint density at radius 2 is 1.77 bits per heavy atom. The van der Waals surface area contributed by atoms with Crippen LogP contribution in [-0.4, -0.2) is 59.9 Å². The Kier molecular flexibility index (Phi) is 5.59. The van der Waals surface area contributed by atoms with Gasteiger partial charge in [0.05, 0.1) is 22.3 Å². The van der Waals surface area contributed by atoms with Gasteiger partial charge >= 0.3 is 0 Å². The third kappa shape index (κ3) is 3.96. The van der Waals surface area contributed by atoms with Crippen molar-refractivity contribution in [3.8, 4) is 11.3 Å². The molecule has 0 spiro atoms. The maximum absolute atomic E-state index is 13.4. The molecule has 156 valence electrons. The molecule has 1 saturated heterocycles. The van der Waals surface area contributed by atoms with E-state index in [1.807, 2.05) is 0 Å². The molecule has 0 radical (unpaired) electrons. The first-order chi connectivity index (χ1) is 14.4. The number of aromatic amines is 1. The van der Waals surface area contributed by atoms with Gasteiger partial charge in [-0.1, -0.05) is 29.8 Å². The minimum atomic E-state index is -3.82. The number of sulfonamides is 1. The monoisotopic (exact) mass is 448 g/mol. The van der Waals surface area contributed by atoms with Gasteiger partial charge in [0, 0.05) is 36.8 Å². The Hall–Kier alpha value is -2.75. The first-order valence-corrected chi connectivity index (χ1v) is 11.0. The fourth-order valence-corrected chi connectivity index (χ4v) is 4.94. The lowest BCUT2D eigenvalue weighted by molar-refractivity contribution is 0.0698. The highest BCUT2D eigenvalue weighted by Gasteiger charge is 2.31. The van der Waals surface area contributed by atoms with Gasteiger partial charge in [0.2, 0.25) is 10.0 Å². The van der Waals surface area contributed by atoms with Crippen molar-refractivity contribution in [2.75, 3.05) is 26.2 Å². The van der Waals surface area contributed by atoms with Gasteiger partial charge in [0.15, 0.2) is 0 Å². The van der Waals surface area contributed by atoms with Gasteiger partial charge in [0.25, 0.3) is 5.91 Å². The highest BCUT2D eigenvalue weighted by Crippen LogP contribution is 2.25. The Bertz CT molecular complexity index is 1170. The number of aromatic nitrogens is 2. The molecule has 1 N–H and O–H groups in total. The van der Waals surface area contributed by atoms with Crippen molar-refractivity contribution in [3.05, 3.63) is 71.1 Å². The van der Waals surface area contributed by atoms with Crippen LogP contribution in [0.15, 0.2) is 59.6 Å². The van der Waals surface area contributed by atoms with Crippen LogP contribution in [0.4, 0.5) is 4.39 Å². The van der Waals surface area contributed by atoms with Gasteiger partial charge in [-0.15, -0.1) is 0 Å². The number of piperazine rings is 1. The van der Waals surface area contributed by atoms with Crippen molar-refractivity contribution in [3.63, 3.8) is 0 Å². The number of carbonyl (C=O) groups is 1. The molecule has 2 heterocycles. The fraction of sp³-hybridized carbons (Fsp3) is 0.200. The molecule has 0 bridgehead atoms. The van der Waals surface area contributed by atoms with E-state index in [0.29, 0.717) is 16.3 Å². The van der Waals surface area contributed by atoms with Crippen LogP contribution in [0.1, 0.15) is 10.4 Å². The summed E-state index contributed by atoms with van der Waals surface area (Å²) in [5.74, 6) is -0.851. The molecular formula is C20H18ClFN4O3S. The zero-order valence-electron chi connectivity index (χ0n) is 15.8. The Balaban J connectivity index is 1.48. The van der Waals surface area contributed by atoms with Crippen LogP contribution in [0, 0.1) is 5.82 Å². The van der Waals surface area contributed by atoms with Gasteiger partial charge in [0.1, 0.15) is 5.82 Å². The van der Waals surface area contributed by atoms with Crippen molar-refractivity contribution >= 4 is 27.5 Å². The summed E-state index contributed by atoms with van der Waals surface area (Å²) in [6.07, 6.45) is 1.46. The van der Waals surface area contributed by atoms with Crippen LogP contribution in [0.5, 0.6) is 0 Å². The predicted molar refractivity (Wildman–Crippen MR) is 110 cm³/mol. The fourth-order valence-electron chi connectivity index (χ4n) is 3.36. The van der Waals surface area contributed by atoms with Crippen LogP contribution in [0.3, 0.4) is 0 Å². The minimum Gasteiger partial charge on any atom is -0.336 e. The molecule has 2 aromatic carbocycles. The summed E-state index contributed by atoms with van der Waals surface area (Å²) in [5, 5.41) is 7.42. The molecule has 30 heavy (non-hydrogen) atoms. The van der Waals surface area contributed by atoms with E-state index < -0.39 is 15.8 Å². The zero-order chi connectivity index (χ0) is 21.3. The van der Waals surface area contributed by atoms with Crippen LogP contribution in [-0.2, 0) is 10.0 Å². The lowest BCUT2D eigenvalue weighted by Crippen LogP contribution is -2.50. The van der Waals surface area contributed by atoms with Crippen LogP contribution < -0.4 is 0 Å². The summed E-state index contributed by atoms with van der Waals surface area (Å²) >= 11 is 5.92. The summed E-state index contributed by atoms with van der Waals surface area (Å²) in [6, 6.07) is 11.9. The highest BCUT2D eigenvalue weighted by atomic mass is 35.5. The number of nitrogens with zero attached hydrogens (tertiary/aromatic N) is 3. The maximum Gasteiger partial charge on any atom is 0.257 e. The van der Waals surface area contributed by atoms with Gasteiger partial charge in [-0.05, 0) is 30.3 Å². The molecule has 0 atom stereocenters. The van der Waals surface area contributed by atoms with E-state index in [0.717, 1.165) is 11.6 Å². The second kappa shape index (κ2) is 8.17. The van der Waals surface area contributed by atoms with E-state index >= 15 is 0 Å². The lowest BCUT2D eigenvalue weighted by atomic mass is 10.1. The average Bonchev–Trinajstić information content (AvgIpc) is 3.24. The second-order valence-electron chi connectivity index (χ2n) is 6.82. The lowest BCUT2D eigenvalue weighted by Gasteiger charge is -2.34. The first kappa shape index (κ1) is 20.5. The Morgan fingerprint density at radius 1 is 1.07 bits per heavy atom. The van der Waals surface area contributed by atoms with E-state index in [2.05, 4.69) is 10.2 Å². The van der Waals surface area contributed by atoms with Crippen molar-refractivity contribution in [1.29, 1.82) is 0 Å². The first-order valence-electron chi connectivity index (χ1n) is 9.20. The summed E-state index contributed by atoms with van der Waals surface area (Å²) in [6.45, 7) is 0.689. The summed E-state index contributed by atoms with van der Waals surface area (Å²) in [4.78, 5) is 14.5. The number of carbonyl (C=O) groups excluding carboxylic acids is 1. The van der Waals surface area contributed by atoms with E-state index in [9.17, 15) is 17.6 Å². The van der Waals surface area contributed by atoms with E-state index in [1.54, 1.807) is 29.2 Å². The second-order valence-corrected chi connectivity index (χ2v) is 9.19. The van der Waals surface area contributed by atoms with Crippen molar-refractivity contribution in [1.82, 2.24) is 19.4 Å². The normalized spacial score (nSPS) is 15.3. The standard InChI is InChI=1S/C20H18ClFN4O3S/c21-15-6-4-14(5-7-15)19-18(13-23-24-19)20(27)25-8-10-26(11-9-25)30(28,29)17-3-1-2-16(22)12-17/h1-7,12-13H,8-11H2,(H,23,24). The molecular weight excluding hydrogens is 431 g/mol. The summed E-state index contributed by atoms with van der Waals surface area (Å²) < 4.78 is 40.2. The molecule has 10 heteroatoms. The highest BCUT2D eigenvalue weighted by molar-refractivity contribution is 7.89. The van der Waals surface area contributed by atoms with Crippen LogP contribution >= 0.6 is 11.6 Å². The summed E-state index contributed by atoms with van der Waals surface area (Å²) in [7, 11) is -3.82. The quantitative estimate of drug-likeness (QED) is 0.664. The van der Waals surface area contributed by atoms with Crippen LogP contribution in [0.2, 0.25) is 5.02 Å². The SMILES string of the molecule is O=C(c1cn[nH]c1-c1ccc(Cl)cc1)N1CCN(S(=O)(=O)c2cccc(F)c2)CC1. The van der Waals surface area contributed by atoms with Crippen molar-refractivity contribution < 1.29 is 17.6 Å². The molecule has 0 aliphatic carbocycles. The number of rotatable bonds is 4. The van der Waals surface area contributed by atoms with Gasteiger partial charge < -0.3 is 4.90 Å². The van der Waals surface area contributed by atoms with Crippen molar-refractivity contribution in [2.24, 2.45) is 0 Å². The molecule has 1 aliphatic heterocycles. The number of hydrogen-bond acceptors (Lipinski definition) is 4. The molecule has 1 amide bonds. The van der Waals surface area contributed by atoms with Gasteiger partial charge in [-0.25, -0.2) is 12.8 Å². The summed E-state index contributed by atoms with van der Waals surface area (Å²) in [5.41, 5.74) is 1.75. The van der Waals surface area contributed by atoms with E-state index in [1.165, 1.54) is 28.7 Å². The molecule has 0 unspecified atom stereocenters. The predicted octanol–water partition coefficient (Wildman–Crippen LogP) is 3.02. The molecule has 1 aromatic heterocycles. The van der Waals surface area contributed by atoms with Gasteiger partial charge in [-0.3, -0.25) is 9.89 Å². The maximum atomic E-state index is 13.4. The number of benzene rings is 2. The van der Waals surface area contributed by atoms with Gasteiger partial charge in [-0.2, -0.15) is 9.40 Å². The Labute approximate surface area is 178 Å². The third-order valence-corrected chi connectivity index (χ3v) is 7.11. The van der Waals surface area contributed by atoms with E-state index in [-0.39, 0.29) is 37.0 Å². The minimum absolute atomic E-state index is 0.0952. The molecule has 1 aliphatic rings. The molecule has 4 rings (SSSR count). The topological polar surface area (TPSA) is 86.4 Å². The number of halogens is 2. The zero-order valence-corrected chi connectivity index (χ0v) is 17.3. The number of nitrogens with one attached hydrogen (secondary N) is 1. The van der Waals surface area contributed by atoms with Crippen LogP contribution in [0.25, 0.3) is 11.3 Å². The number of amides is 1. The largest absolute Gasteiger partial charge is 0.336 e. The van der Waals surface area contributed by atoms with Crippen molar-refractivity contribution in [2.45, 2.75) is 4.90 Å². The average molecular weight is 449 g/mol. The number of hydrogen-bond donors (Lipinski definition) is 1. The molecule has 0 saturated carbocycles. The Morgan fingerprint density at radius 3 is 2.43 bits per heavy atom. The molecule has 7 nitrogen and oxygen atoms in total. The molecule has 1 fully saturated rings.